The third-order valence-electron chi connectivity index (χ3n) is 6.72. The van der Waals surface area contributed by atoms with Gasteiger partial charge in [0.15, 0.2) is 6.10 Å². The fourth-order valence-electron chi connectivity index (χ4n) is 5.31. The van der Waals surface area contributed by atoms with Crippen LogP contribution in [0.5, 0.6) is 5.75 Å². The molecule has 1 aliphatic heterocycles. The highest BCUT2D eigenvalue weighted by atomic mass is 35.5. The molecule has 2 saturated carbocycles. The molecule has 0 radical (unpaired) electrons. The molecule has 2 aromatic rings. The lowest BCUT2D eigenvalue weighted by Crippen LogP contribution is -2.35. The molecule has 6 nitrogen and oxygen atoms in total. The summed E-state index contributed by atoms with van der Waals surface area (Å²) in [5, 5.41) is 3.49. The highest BCUT2D eigenvalue weighted by Gasteiger charge is 2.63. The minimum atomic E-state index is -0.669. The summed E-state index contributed by atoms with van der Waals surface area (Å²) in [6.07, 6.45) is 1.03. The Morgan fingerprint density at radius 3 is 2.52 bits per heavy atom. The van der Waals surface area contributed by atoms with E-state index < -0.39 is 6.10 Å². The number of carbonyl (C=O) groups is 3. The Kier molecular flexibility index (Phi) is 4.97. The molecule has 0 aromatic heterocycles. The Balaban J connectivity index is 1.20. The Morgan fingerprint density at radius 2 is 1.81 bits per heavy atom. The maximum Gasteiger partial charge on any atom is 0.310 e. The zero-order valence-electron chi connectivity index (χ0n) is 16.9. The van der Waals surface area contributed by atoms with Crippen molar-refractivity contribution in [3.63, 3.8) is 0 Å². The van der Waals surface area contributed by atoms with Crippen molar-refractivity contribution in [2.24, 2.45) is 23.7 Å². The summed E-state index contributed by atoms with van der Waals surface area (Å²) in [6.45, 7) is 1.69. The summed E-state index contributed by atoms with van der Waals surface area (Å²) in [4.78, 5) is 37.5. The van der Waals surface area contributed by atoms with Crippen LogP contribution in [0.25, 0.3) is 0 Å². The molecule has 2 aliphatic carbocycles. The lowest BCUT2D eigenvalue weighted by Gasteiger charge is -2.23. The van der Waals surface area contributed by atoms with Crippen molar-refractivity contribution in [1.29, 1.82) is 0 Å². The van der Waals surface area contributed by atoms with Crippen molar-refractivity contribution < 1.29 is 23.9 Å². The Hall–Kier alpha value is -2.86. The predicted octanol–water partition coefficient (Wildman–Crippen LogP) is 4.13. The molecule has 7 heteroatoms. The van der Waals surface area contributed by atoms with Crippen LogP contribution in [-0.2, 0) is 14.3 Å². The van der Waals surface area contributed by atoms with Crippen molar-refractivity contribution in [2.45, 2.75) is 32.0 Å². The maximum atomic E-state index is 12.9. The smallest absolute Gasteiger partial charge is 0.310 e. The maximum absolute atomic E-state index is 12.9. The Morgan fingerprint density at radius 1 is 1.10 bits per heavy atom. The molecule has 0 spiro atoms. The summed E-state index contributed by atoms with van der Waals surface area (Å²) >= 11 is 5.87. The molecule has 6 atom stereocenters. The molecular weight excluding hydrogens is 418 g/mol. The van der Waals surface area contributed by atoms with E-state index in [1.807, 2.05) is 0 Å². The van der Waals surface area contributed by atoms with Gasteiger partial charge in [0.05, 0.1) is 11.8 Å². The van der Waals surface area contributed by atoms with Gasteiger partial charge < -0.3 is 14.8 Å². The van der Waals surface area contributed by atoms with Gasteiger partial charge in [-0.05, 0) is 74.2 Å². The van der Waals surface area contributed by atoms with E-state index in [9.17, 15) is 14.4 Å². The third-order valence-corrected chi connectivity index (χ3v) is 6.97. The van der Waals surface area contributed by atoms with Crippen LogP contribution in [0.1, 0.15) is 30.1 Å². The molecule has 3 fully saturated rings. The molecule has 1 saturated heterocycles. The van der Waals surface area contributed by atoms with E-state index in [2.05, 4.69) is 5.32 Å². The molecule has 0 unspecified atom stereocenters. The number of rotatable bonds is 6. The fourth-order valence-corrected chi connectivity index (χ4v) is 5.44. The summed E-state index contributed by atoms with van der Waals surface area (Å²) in [7, 11) is 0. The number of hydrogen-bond donors (Lipinski definition) is 1. The van der Waals surface area contributed by atoms with Gasteiger partial charge in [-0.1, -0.05) is 11.6 Å². The second kappa shape index (κ2) is 7.68. The first-order valence-corrected chi connectivity index (χ1v) is 10.9. The van der Waals surface area contributed by atoms with E-state index in [1.165, 1.54) is 0 Å². The first-order chi connectivity index (χ1) is 14.9. The van der Waals surface area contributed by atoms with E-state index in [0.29, 0.717) is 22.0 Å². The van der Waals surface area contributed by atoms with E-state index in [4.69, 9.17) is 21.1 Å². The van der Waals surface area contributed by atoms with Crippen LogP contribution < -0.4 is 10.1 Å². The molecule has 1 heterocycles. The second-order valence-electron chi connectivity index (χ2n) is 8.57. The molecule has 5 rings (SSSR count). The highest BCUT2D eigenvalue weighted by Crippen LogP contribution is 2.57. The number of esters is 1. The van der Waals surface area contributed by atoms with Crippen molar-refractivity contribution in [2.75, 3.05) is 5.32 Å². The lowest BCUT2D eigenvalue weighted by atomic mass is 9.79. The first-order valence-electron chi connectivity index (χ1n) is 10.5. The third kappa shape index (κ3) is 3.59. The minimum absolute atomic E-state index is 0.0144. The second-order valence-corrected chi connectivity index (χ2v) is 9.00. The average molecular weight is 440 g/mol. The molecule has 160 valence electrons. The van der Waals surface area contributed by atoms with Crippen LogP contribution >= 0.6 is 11.6 Å². The van der Waals surface area contributed by atoms with Gasteiger partial charge in [0, 0.05) is 22.2 Å². The van der Waals surface area contributed by atoms with Gasteiger partial charge in [0.2, 0.25) is 11.7 Å². The Labute approximate surface area is 184 Å². The molecule has 1 amide bonds. The number of anilines is 1. The summed E-state index contributed by atoms with van der Waals surface area (Å²) < 4.78 is 11.2. The molecule has 2 bridgehead atoms. The van der Waals surface area contributed by atoms with Crippen LogP contribution in [0.3, 0.4) is 0 Å². The van der Waals surface area contributed by atoms with Crippen molar-refractivity contribution in [3.05, 3.63) is 59.1 Å². The van der Waals surface area contributed by atoms with Gasteiger partial charge in [-0.25, -0.2) is 0 Å². The van der Waals surface area contributed by atoms with Gasteiger partial charge in [0.1, 0.15) is 11.9 Å². The van der Waals surface area contributed by atoms with Crippen LogP contribution in [0.4, 0.5) is 5.69 Å². The number of halogens is 1. The van der Waals surface area contributed by atoms with Crippen molar-refractivity contribution >= 4 is 34.9 Å². The van der Waals surface area contributed by atoms with Gasteiger partial charge in [0.25, 0.3) is 0 Å². The molecule has 1 N–H and O–H groups in total. The number of fused-ring (bicyclic) bond motifs is 1. The number of nitrogens with one attached hydrogen (secondary N) is 1. The summed E-state index contributed by atoms with van der Waals surface area (Å²) in [5.41, 5.74) is 1.15. The molecule has 2 aromatic carbocycles. The highest BCUT2D eigenvalue weighted by molar-refractivity contribution is 6.30. The number of ketones is 1. The van der Waals surface area contributed by atoms with E-state index in [-0.39, 0.29) is 47.4 Å². The monoisotopic (exact) mass is 439 g/mol. The normalized spacial score (nSPS) is 28.8. The topological polar surface area (TPSA) is 81.7 Å². The quantitative estimate of drug-likeness (QED) is 0.540. The van der Waals surface area contributed by atoms with Gasteiger partial charge >= 0.3 is 5.97 Å². The van der Waals surface area contributed by atoms with E-state index in [0.717, 1.165) is 12.8 Å². The molecule has 31 heavy (non-hydrogen) atoms. The number of Topliss-reactive ketones (excluding diaryl/α,β-unsaturated/α-hetero) is 1. The molecular formula is C24H22ClNO5. The largest absolute Gasteiger partial charge is 0.483 e. The van der Waals surface area contributed by atoms with Crippen molar-refractivity contribution in [1.82, 2.24) is 0 Å². The minimum Gasteiger partial charge on any atom is -0.483 e. The number of carbonyl (C=O) groups excluding carboxylic acids is 3. The number of ether oxygens (including phenoxy) is 2. The standard InChI is InChI=1S/C24H22ClNO5/c1-12(22(27)13-2-4-15(25)5-3-13)30-17-8-6-16(7-9-17)26-23(28)20-14-10-18-19(11-14)31-24(29)21(18)20/h2-9,12,14,18-21H,10-11H2,1H3,(H,26,28)/t12-,14-,18+,19-,20-,21+/m1/s1. The number of benzene rings is 2. The summed E-state index contributed by atoms with van der Waals surface area (Å²) in [6, 6.07) is 13.6. The van der Waals surface area contributed by atoms with Gasteiger partial charge in [-0.15, -0.1) is 0 Å². The number of amides is 1. The van der Waals surface area contributed by atoms with Crippen LogP contribution in [-0.4, -0.2) is 29.9 Å². The number of hydrogen-bond acceptors (Lipinski definition) is 5. The molecule has 3 aliphatic rings. The first kappa shape index (κ1) is 20.1. The average Bonchev–Trinajstić information content (AvgIpc) is 3.38. The zero-order valence-corrected chi connectivity index (χ0v) is 17.7. The van der Waals surface area contributed by atoms with Crippen LogP contribution in [0, 0.1) is 23.7 Å². The van der Waals surface area contributed by atoms with E-state index in [1.54, 1.807) is 55.5 Å². The van der Waals surface area contributed by atoms with Crippen LogP contribution in [0.2, 0.25) is 5.02 Å². The van der Waals surface area contributed by atoms with E-state index >= 15 is 0 Å². The van der Waals surface area contributed by atoms with Crippen molar-refractivity contribution in [3.8, 4) is 5.75 Å². The van der Waals surface area contributed by atoms with Crippen LogP contribution in [0.15, 0.2) is 48.5 Å². The predicted molar refractivity (Wildman–Crippen MR) is 114 cm³/mol. The fraction of sp³-hybridized carbons (Fsp3) is 0.375. The van der Waals surface area contributed by atoms with Gasteiger partial charge in [-0.2, -0.15) is 0 Å². The zero-order chi connectivity index (χ0) is 21.7. The lowest BCUT2D eigenvalue weighted by molar-refractivity contribution is -0.145. The summed E-state index contributed by atoms with van der Waals surface area (Å²) in [5.74, 6) is -0.178. The Bertz CT molecular complexity index is 1030. The SMILES string of the molecule is C[C@@H](Oc1ccc(NC(=O)[C@@H]2[C@@H]3C[C@@H]4[C@@H]2C(=O)O[C@@H]4C3)cc1)C(=O)c1ccc(Cl)cc1. The van der Waals surface area contributed by atoms with Gasteiger partial charge in [-0.3, -0.25) is 14.4 Å².